The van der Waals surface area contributed by atoms with Crippen molar-refractivity contribution in [3.63, 3.8) is 0 Å². The minimum Gasteiger partial charge on any atom is -0.497 e. The third kappa shape index (κ3) is 4.69. The van der Waals surface area contributed by atoms with Crippen molar-refractivity contribution in [2.45, 2.75) is 62.8 Å². The van der Waals surface area contributed by atoms with Crippen molar-refractivity contribution in [3.05, 3.63) is 65.7 Å². The Bertz CT molecular complexity index is 920. The van der Waals surface area contributed by atoms with Crippen molar-refractivity contribution in [1.29, 1.82) is 0 Å². The van der Waals surface area contributed by atoms with E-state index in [-0.39, 0.29) is 11.5 Å². The first-order chi connectivity index (χ1) is 15.7. The highest BCUT2D eigenvalue weighted by Gasteiger charge is 2.45. The highest BCUT2D eigenvalue weighted by molar-refractivity contribution is 5.94. The van der Waals surface area contributed by atoms with E-state index in [1.54, 1.807) is 7.11 Å². The standard InChI is InChI=1S/C27H34N2O3/c1-31-25-9-5-8-22(18-25)26(30)28-15-13-27(14-16-28)19-24(12-17-32-27)29(23-10-11-23)20-21-6-3-2-4-7-21/h2-9,18,23-24H,10-17,19-20H2,1H3. The van der Waals surface area contributed by atoms with Gasteiger partial charge in [0.05, 0.1) is 12.7 Å². The number of likely N-dealkylation sites (tertiary alicyclic amines) is 1. The summed E-state index contributed by atoms with van der Waals surface area (Å²) in [6, 6.07) is 19.6. The van der Waals surface area contributed by atoms with Crippen LogP contribution in [0.25, 0.3) is 0 Å². The maximum atomic E-state index is 13.0. The van der Waals surface area contributed by atoms with Gasteiger partial charge < -0.3 is 14.4 Å². The molecule has 2 aromatic carbocycles. The van der Waals surface area contributed by atoms with E-state index in [0.717, 1.165) is 63.7 Å². The zero-order valence-corrected chi connectivity index (χ0v) is 19.0. The molecule has 5 rings (SSSR count). The molecule has 5 nitrogen and oxygen atoms in total. The number of methoxy groups -OCH3 is 1. The molecule has 170 valence electrons. The number of amides is 1. The Morgan fingerprint density at radius 1 is 1.06 bits per heavy atom. The van der Waals surface area contributed by atoms with Gasteiger partial charge in [-0.1, -0.05) is 36.4 Å². The van der Waals surface area contributed by atoms with Gasteiger partial charge in [-0.2, -0.15) is 0 Å². The predicted molar refractivity (Wildman–Crippen MR) is 125 cm³/mol. The van der Waals surface area contributed by atoms with Crippen LogP contribution in [0.2, 0.25) is 0 Å². The molecular formula is C27H34N2O3. The van der Waals surface area contributed by atoms with Crippen LogP contribution in [-0.2, 0) is 11.3 Å². The van der Waals surface area contributed by atoms with Gasteiger partial charge in [0.25, 0.3) is 5.91 Å². The van der Waals surface area contributed by atoms with E-state index in [9.17, 15) is 4.79 Å². The zero-order valence-electron chi connectivity index (χ0n) is 19.0. The molecule has 3 aliphatic rings. The molecule has 3 fully saturated rings. The van der Waals surface area contributed by atoms with Gasteiger partial charge in [-0.15, -0.1) is 0 Å². The van der Waals surface area contributed by atoms with Gasteiger partial charge >= 0.3 is 0 Å². The number of ether oxygens (including phenoxy) is 2. The van der Waals surface area contributed by atoms with E-state index in [1.807, 2.05) is 29.2 Å². The lowest BCUT2D eigenvalue weighted by Crippen LogP contribution is -2.54. The average Bonchev–Trinajstić information content (AvgIpc) is 3.69. The first-order valence-electron chi connectivity index (χ1n) is 12.0. The first kappa shape index (κ1) is 21.5. The highest BCUT2D eigenvalue weighted by atomic mass is 16.5. The number of nitrogens with zero attached hydrogens (tertiary/aromatic N) is 2. The number of piperidine rings is 1. The number of carbonyl (C=O) groups excluding carboxylic acids is 1. The molecule has 32 heavy (non-hydrogen) atoms. The predicted octanol–water partition coefficient (Wildman–Crippen LogP) is 4.51. The molecule has 1 unspecified atom stereocenters. The van der Waals surface area contributed by atoms with Crippen LogP contribution in [0.5, 0.6) is 5.75 Å². The Kier molecular flexibility index (Phi) is 6.20. The Balaban J connectivity index is 1.23. The molecule has 1 saturated carbocycles. The molecular weight excluding hydrogens is 400 g/mol. The molecule has 2 saturated heterocycles. The lowest BCUT2D eigenvalue weighted by molar-refractivity contribution is -0.131. The van der Waals surface area contributed by atoms with Gasteiger partial charge in [0.1, 0.15) is 5.75 Å². The molecule has 2 aliphatic heterocycles. The van der Waals surface area contributed by atoms with Crippen LogP contribution in [0, 0.1) is 0 Å². The molecule has 5 heteroatoms. The summed E-state index contributed by atoms with van der Waals surface area (Å²) in [6.07, 6.45) is 6.67. The molecule has 0 aromatic heterocycles. The lowest BCUT2D eigenvalue weighted by Gasteiger charge is -2.48. The van der Waals surface area contributed by atoms with Crippen LogP contribution < -0.4 is 4.74 Å². The smallest absolute Gasteiger partial charge is 0.253 e. The minimum absolute atomic E-state index is 0.0854. The van der Waals surface area contributed by atoms with Crippen LogP contribution in [0.3, 0.4) is 0 Å². The van der Waals surface area contributed by atoms with Crippen molar-refractivity contribution in [1.82, 2.24) is 9.80 Å². The van der Waals surface area contributed by atoms with Crippen molar-refractivity contribution in [2.24, 2.45) is 0 Å². The van der Waals surface area contributed by atoms with E-state index in [4.69, 9.17) is 9.47 Å². The number of carbonyl (C=O) groups is 1. The molecule has 1 atom stereocenters. The van der Waals surface area contributed by atoms with Gasteiger partial charge in [-0.25, -0.2) is 0 Å². The quantitative estimate of drug-likeness (QED) is 0.671. The molecule has 0 N–H and O–H groups in total. The summed E-state index contributed by atoms with van der Waals surface area (Å²) in [6.45, 7) is 3.37. The van der Waals surface area contributed by atoms with Gasteiger partial charge in [-0.05, 0) is 62.3 Å². The van der Waals surface area contributed by atoms with E-state index in [0.29, 0.717) is 11.6 Å². The molecule has 1 amide bonds. The summed E-state index contributed by atoms with van der Waals surface area (Å²) in [5, 5.41) is 0. The van der Waals surface area contributed by atoms with E-state index >= 15 is 0 Å². The number of hydrogen-bond donors (Lipinski definition) is 0. The molecule has 1 spiro atoms. The van der Waals surface area contributed by atoms with Gasteiger partial charge in [0.2, 0.25) is 0 Å². The van der Waals surface area contributed by atoms with Crippen LogP contribution in [-0.4, -0.2) is 60.2 Å². The second-order valence-corrected chi connectivity index (χ2v) is 9.59. The van der Waals surface area contributed by atoms with Gasteiger partial charge in [0, 0.05) is 43.9 Å². The second kappa shape index (κ2) is 9.24. The Hall–Kier alpha value is -2.37. The number of hydrogen-bond acceptors (Lipinski definition) is 4. The third-order valence-corrected chi connectivity index (χ3v) is 7.44. The molecule has 1 aliphatic carbocycles. The maximum Gasteiger partial charge on any atom is 0.253 e. The van der Waals surface area contributed by atoms with Gasteiger partial charge in [-0.3, -0.25) is 9.69 Å². The molecule has 2 heterocycles. The topological polar surface area (TPSA) is 42.0 Å². The SMILES string of the molecule is COc1cccc(C(=O)N2CCC3(CC2)CC(N(Cc2ccccc2)C2CC2)CCO3)c1. The largest absolute Gasteiger partial charge is 0.497 e. The summed E-state index contributed by atoms with van der Waals surface area (Å²) in [7, 11) is 1.63. The summed E-state index contributed by atoms with van der Waals surface area (Å²) in [4.78, 5) is 17.8. The summed E-state index contributed by atoms with van der Waals surface area (Å²) >= 11 is 0. The zero-order chi connectivity index (χ0) is 22.0. The summed E-state index contributed by atoms with van der Waals surface area (Å²) in [5.74, 6) is 0.816. The molecule has 0 radical (unpaired) electrons. The fourth-order valence-electron chi connectivity index (χ4n) is 5.45. The average molecular weight is 435 g/mol. The van der Waals surface area contributed by atoms with Gasteiger partial charge in [0.15, 0.2) is 0 Å². The Labute approximate surface area is 191 Å². The van der Waals surface area contributed by atoms with Crippen LogP contribution in [0.4, 0.5) is 0 Å². The monoisotopic (exact) mass is 434 g/mol. The molecule has 2 aromatic rings. The van der Waals surface area contributed by atoms with Crippen LogP contribution in [0.1, 0.15) is 54.4 Å². The van der Waals surface area contributed by atoms with Crippen molar-refractivity contribution in [3.8, 4) is 5.75 Å². The summed E-state index contributed by atoms with van der Waals surface area (Å²) in [5.41, 5.74) is 2.02. The lowest BCUT2D eigenvalue weighted by atomic mass is 9.81. The Morgan fingerprint density at radius 3 is 2.56 bits per heavy atom. The third-order valence-electron chi connectivity index (χ3n) is 7.44. The van der Waals surface area contributed by atoms with Crippen LogP contribution >= 0.6 is 0 Å². The first-order valence-corrected chi connectivity index (χ1v) is 12.0. The minimum atomic E-state index is -0.0854. The fourth-order valence-corrected chi connectivity index (χ4v) is 5.45. The number of benzene rings is 2. The highest BCUT2D eigenvalue weighted by Crippen LogP contribution is 2.40. The van der Waals surface area contributed by atoms with E-state index in [2.05, 4.69) is 35.2 Å². The maximum absolute atomic E-state index is 13.0. The normalized spacial score (nSPS) is 22.8. The van der Waals surface area contributed by atoms with E-state index in [1.165, 1.54) is 18.4 Å². The summed E-state index contributed by atoms with van der Waals surface area (Å²) < 4.78 is 11.7. The van der Waals surface area contributed by atoms with E-state index < -0.39 is 0 Å². The van der Waals surface area contributed by atoms with Crippen LogP contribution in [0.15, 0.2) is 54.6 Å². The molecule has 0 bridgehead atoms. The fraction of sp³-hybridized carbons (Fsp3) is 0.519. The Morgan fingerprint density at radius 2 is 1.84 bits per heavy atom. The van der Waals surface area contributed by atoms with Crippen molar-refractivity contribution >= 4 is 5.91 Å². The second-order valence-electron chi connectivity index (χ2n) is 9.59. The van der Waals surface area contributed by atoms with Crippen molar-refractivity contribution in [2.75, 3.05) is 26.8 Å². The van der Waals surface area contributed by atoms with Crippen molar-refractivity contribution < 1.29 is 14.3 Å². The number of rotatable bonds is 6.